The van der Waals surface area contributed by atoms with E-state index in [1.54, 1.807) is 26.0 Å². The van der Waals surface area contributed by atoms with Crippen LogP contribution in [0.3, 0.4) is 0 Å². The molecule has 0 unspecified atom stereocenters. The van der Waals surface area contributed by atoms with E-state index in [-0.39, 0.29) is 11.7 Å². The topological polar surface area (TPSA) is 87.0 Å². The highest BCUT2D eigenvalue weighted by Crippen LogP contribution is 2.46. The van der Waals surface area contributed by atoms with E-state index in [1.165, 1.54) is 0 Å². The quantitative estimate of drug-likeness (QED) is 0.360. The van der Waals surface area contributed by atoms with Gasteiger partial charge in [-0.05, 0) is 61.8 Å². The number of methoxy groups -OCH3 is 2. The first-order valence-corrected chi connectivity index (χ1v) is 13.3. The number of rotatable bonds is 9. The minimum absolute atomic E-state index is 0.0121. The Bertz CT molecular complexity index is 1210. The number of aryl methyl sites for hydroxylation is 1. The largest absolute Gasteiger partial charge is 0.493 e. The van der Waals surface area contributed by atoms with Crippen LogP contribution in [0.1, 0.15) is 55.6 Å². The van der Waals surface area contributed by atoms with Gasteiger partial charge in [-0.3, -0.25) is 4.79 Å². The Kier molecular flexibility index (Phi) is 8.14. The zero-order valence-electron chi connectivity index (χ0n) is 21.4. The summed E-state index contributed by atoms with van der Waals surface area (Å²) in [6.07, 6.45) is 0.945. The number of thioether (sulfide) groups is 1. The Morgan fingerprint density at radius 2 is 1.89 bits per heavy atom. The third-order valence-corrected chi connectivity index (χ3v) is 7.50. The lowest BCUT2D eigenvalue weighted by Crippen LogP contribution is -2.36. The monoisotopic (exact) mass is 511 g/mol. The Hall–Kier alpha value is -3.13. The van der Waals surface area contributed by atoms with E-state index in [1.807, 2.05) is 44.2 Å². The van der Waals surface area contributed by atoms with Gasteiger partial charge < -0.3 is 23.9 Å². The Labute approximate surface area is 216 Å². The van der Waals surface area contributed by atoms with Gasteiger partial charge >= 0.3 is 5.97 Å². The molecule has 0 saturated carbocycles. The highest BCUT2D eigenvalue weighted by atomic mass is 32.2. The molecular weight excluding hydrogens is 478 g/mol. The summed E-state index contributed by atoms with van der Waals surface area (Å²) in [5, 5.41) is 3.37. The molecule has 0 spiro atoms. The fourth-order valence-electron chi connectivity index (χ4n) is 4.96. The highest BCUT2D eigenvalue weighted by molar-refractivity contribution is 7.99. The molecule has 0 fully saturated rings. The van der Waals surface area contributed by atoms with Crippen LogP contribution < -0.4 is 14.8 Å². The normalized spacial score (nSPS) is 19.6. The van der Waals surface area contributed by atoms with Gasteiger partial charge in [-0.25, -0.2) is 4.79 Å². The standard InChI is InChI=1S/C28H33NO6S/c1-6-36-12-11-34-28(31)25-17(3)29-20-13-19(18-8-10-22(32-4)24(15-18)33-5)14-21(30)26(20)27(25)23-9-7-16(2)35-23/h7-10,15,19,27,29H,6,11-14H2,1-5H3/t19-,27-/m1/s1. The van der Waals surface area contributed by atoms with Crippen molar-refractivity contribution in [3.63, 3.8) is 0 Å². The molecular formula is C28H33NO6S. The maximum atomic E-state index is 13.7. The van der Waals surface area contributed by atoms with Crippen LogP contribution in [-0.2, 0) is 14.3 Å². The van der Waals surface area contributed by atoms with Crippen molar-refractivity contribution in [1.82, 2.24) is 5.32 Å². The number of dihydropyridines is 1. The van der Waals surface area contributed by atoms with Gasteiger partial charge in [-0.2, -0.15) is 11.8 Å². The van der Waals surface area contributed by atoms with Crippen LogP contribution >= 0.6 is 11.8 Å². The first-order valence-electron chi connectivity index (χ1n) is 12.1. The number of carbonyl (C=O) groups excluding carboxylic acids is 2. The number of hydrogen-bond donors (Lipinski definition) is 1. The van der Waals surface area contributed by atoms with Gasteiger partial charge in [-0.15, -0.1) is 0 Å². The minimum atomic E-state index is -0.597. The van der Waals surface area contributed by atoms with Crippen molar-refractivity contribution in [1.29, 1.82) is 0 Å². The molecule has 192 valence electrons. The van der Waals surface area contributed by atoms with Crippen LogP contribution in [-0.4, -0.2) is 44.1 Å². The van der Waals surface area contributed by atoms with E-state index < -0.39 is 11.9 Å². The molecule has 1 aromatic carbocycles. The van der Waals surface area contributed by atoms with Gasteiger partial charge in [0.1, 0.15) is 18.1 Å². The fourth-order valence-corrected chi connectivity index (χ4v) is 5.45. The second-order valence-electron chi connectivity index (χ2n) is 8.91. The molecule has 8 heteroatoms. The maximum Gasteiger partial charge on any atom is 0.336 e. The molecule has 1 N–H and O–H groups in total. The summed E-state index contributed by atoms with van der Waals surface area (Å²) in [7, 11) is 3.20. The summed E-state index contributed by atoms with van der Waals surface area (Å²) in [6.45, 7) is 6.09. The third kappa shape index (κ3) is 5.19. The van der Waals surface area contributed by atoms with Crippen molar-refractivity contribution in [2.75, 3.05) is 32.3 Å². The van der Waals surface area contributed by atoms with Crippen LogP contribution in [0, 0.1) is 6.92 Å². The molecule has 0 amide bonds. The smallest absolute Gasteiger partial charge is 0.336 e. The summed E-state index contributed by atoms with van der Waals surface area (Å²) in [5.74, 6) is 3.20. The summed E-state index contributed by atoms with van der Waals surface area (Å²) in [4.78, 5) is 26.9. The summed E-state index contributed by atoms with van der Waals surface area (Å²) >= 11 is 1.71. The molecule has 2 heterocycles. The Morgan fingerprint density at radius 3 is 2.56 bits per heavy atom. The fraction of sp³-hybridized carbons (Fsp3) is 0.429. The highest BCUT2D eigenvalue weighted by Gasteiger charge is 2.42. The van der Waals surface area contributed by atoms with Gasteiger partial charge in [-0.1, -0.05) is 13.0 Å². The number of nitrogens with one attached hydrogen (secondary N) is 1. The van der Waals surface area contributed by atoms with E-state index in [9.17, 15) is 9.59 Å². The minimum Gasteiger partial charge on any atom is -0.493 e. The van der Waals surface area contributed by atoms with Crippen molar-refractivity contribution in [3.8, 4) is 11.5 Å². The number of hydrogen-bond acceptors (Lipinski definition) is 8. The van der Waals surface area contributed by atoms with Crippen molar-refractivity contribution in [3.05, 3.63) is 70.0 Å². The molecule has 2 atom stereocenters. The molecule has 1 aromatic heterocycles. The molecule has 2 aromatic rings. The zero-order valence-corrected chi connectivity index (χ0v) is 22.3. The number of ketones is 1. The molecule has 1 aliphatic heterocycles. The number of ether oxygens (including phenoxy) is 3. The van der Waals surface area contributed by atoms with Gasteiger partial charge in [0, 0.05) is 29.1 Å². The van der Waals surface area contributed by atoms with E-state index in [0.29, 0.717) is 53.6 Å². The second kappa shape index (κ2) is 11.3. The summed E-state index contributed by atoms with van der Waals surface area (Å²) in [6, 6.07) is 9.46. The molecule has 0 bridgehead atoms. The van der Waals surface area contributed by atoms with Gasteiger partial charge in [0.05, 0.1) is 25.7 Å². The van der Waals surface area contributed by atoms with Crippen LogP contribution in [0.15, 0.2) is 57.3 Å². The number of esters is 1. The van der Waals surface area contributed by atoms with Gasteiger partial charge in [0.25, 0.3) is 0 Å². The molecule has 0 saturated heterocycles. The molecule has 36 heavy (non-hydrogen) atoms. The lowest BCUT2D eigenvalue weighted by Gasteiger charge is -2.35. The number of allylic oxidation sites excluding steroid dienone is 3. The van der Waals surface area contributed by atoms with Gasteiger partial charge in [0.15, 0.2) is 17.3 Å². The molecule has 1 aliphatic carbocycles. The van der Waals surface area contributed by atoms with Crippen molar-refractivity contribution in [2.45, 2.75) is 45.4 Å². The van der Waals surface area contributed by atoms with E-state index in [2.05, 4.69) is 12.2 Å². The Morgan fingerprint density at radius 1 is 1.11 bits per heavy atom. The van der Waals surface area contributed by atoms with Crippen molar-refractivity contribution < 1.29 is 28.2 Å². The van der Waals surface area contributed by atoms with Crippen molar-refractivity contribution in [2.24, 2.45) is 0 Å². The average molecular weight is 512 g/mol. The van der Waals surface area contributed by atoms with Crippen LogP contribution in [0.5, 0.6) is 11.5 Å². The molecule has 4 rings (SSSR count). The first kappa shape index (κ1) is 25.9. The van der Waals surface area contributed by atoms with Crippen LogP contribution in [0.25, 0.3) is 0 Å². The molecule has 2 aliphatic rings. The number of furan rings is 1. The predicted octanol–water partition coefficient (Wildman–Crippen LogP) is 5.26. The zero-order chi connectivity index (χ0) is 25.8. The van der Waals surface area contributed by atoms with E-state index >= 15 is 0 Å². The number of Topliss-reactive ketones (excluding diaryl/α,β-unsaturated/α-hetero) is 1. The van der Waals surface area contributed by atoms with Crippen LogP contribution in [0.2, 0.25) is 0 Å². The number of carbonyl (C=O) groups is 2. The van der Waals surface area contributed by atoms with Gasteiger partial charge in [0.2, 0.25) is 0 Å². The Balaban J connectivity index is 1.68. The molecule has 7 nitrogen and oxygen atoms in total. The van der Waals surface area contributed by atoms with Crippen molar-refractivity contribution >= 4 is 23.5 Å². The predicted molar refractivity (Wildman–Crippen MR) is 140 cm³/mol. The van der Waals surface area contributed by atoms with Crippen LogP contribution in [0.4, 0.5) is 0 Å². The lowest BCUT2D eigenvalue weighted by atomic mass is 9.73. The molecule has 0 radical (unpaired) electrons. The van der Waals surface area contributed by atoms with E-state index in [0.717, 1.165) is 28.5 Å². The second-order valence-corrected chi connectivity index (χ2v) is 10.3. The summed E-state index contributed by atoms with van der Waals surface area (Å²) < 4.78 is 22.4. The SMILES string of the molecule is CCSCCOC(=O)C1=C(C)NC2=C(C(=O)C[C@H](c3ccc(OC)c(OC)c3)C2)[C@@H]1c1ccc(C)o1. The summed E-state index contributed by atoms with van der Waals surface area (Å²) in [5.41, 5.74) is 3.52. The number of benzene rings is 1. The maximum absolute atomic E-state index is 13.7. The van der Waals surface area contributed by atoms with E-state index in [4.69, 9.17) is 18.6 Å². The average Bonchev–Trinajstić information content (AvgIpc) is 3.30. The lowest BCUT2D eigenvalue weighted by molar-refractivity contribution is -0.138. The first-order chi connectivity index (χ1) is 17.4. The third-order valence-electron chi connectivity index (χ3n) is 6.64.